The predicted octanol–water partition coefficient (Wildman–Crippen LogP) is 8.12. The summed E-state index contributed by atoms with van der Waals surface area (Å²) in [5.74, 6) is -0.316. The van der Waals surface area contributed by atoms with Crippen LogP contribution in [-0.4, -0.2) is 31.4 Å². The fraction of sp³-hybridized carbons (Fsp3) is 0.132. The molecule has 2 aliphatic carbocycles. The molecule has 44 heavy (non-hydrogen) atoms. The minimum Gasteiger partial charge on any atom is -0.448 e. The topological polar surface area (TPSA) is 75.7 Å². The Labute approximate surface area is 255 Å². The normalized spacial score (nSPS) is 13.2. The number of carbonyl (C=O) groups is 3. The summed E-state index contributed by atoms with van der Waals surface area (Å²) >= 11 is 0. The van der Waals surface area contributed by atoms with Gasteiger partial charge in [-0.1, -0.05) is 84.9 Å². The van der Waals surface area contributed by atoms with Crippen LogP contribution in [0.25, 0.3) is 22.3 Å². The van der Waals surface area contributed by atoms with Gasteiger partial charge in [-0.05, 0) is 75.7 Å². The van der Waals surface area contributed by atoms with Crippen LogP contribution >= 0.6 is 0 Å². The largest absolute Gasteiger partial charge is 0.448 e. The van der Waals surface area contributed by atoms with E-state index in [1.807, 2.05) is 66.7 Å². The Kier molecular flexibility index (Phi) is 7.03. The van der Waals surface area contributed by atoms with E-state index in [4.69, 9.17) is 4.74 Å². The molecule has 2 amide bonds. The van der Waals surface area contributed by atoms with Crippen molar-refractivity contribution in [2.45, 2.75) is 18.8 Å². The highest BCUT2D eigenvalue weighted by atomic mass is 16.6. The maximum atomic E-state index is 13.2. The Hall–Kier alpha value is -5.49. The van der Waals surface area contributed by atoms with E-state index in [0.29, 0.717) is 35.3 Å². The molecule has 0 unspecified atom stereocenters. The zero-order valence-electron chi connectivity index (χ0n) is 24.2. The summed E-state index contributed by atoms with van der Waals surface area (Å²) in [6, 6.07) is 36.9. The molecule has 0 saturated carbocycles. The van der Waals surface area contributed by atoms with E-state index in [1.165, 1.54) is 16.0 Å². The van der Waals surface area contributed by atoms with E-state index >= 15 is 0 Å². The lowest BCUT2D eigenvalue weighted by molar-refractivity contribution is 0.0995. The Morgan fingerprint density at radius 2 is 1.39 bits per heavy atom. The fourth-order valence-electron chi connectivity index (χ4n) is 6.41. The van der Waals surface area contributed by atoms with Crippen molar-refractivity contribution < 1.29 is 19.1 Å². The van der Waals surface area contributed by atoms with Gasteiger partial charge < -0.3 is 10.1 Å². The number of rotatable bonds is 6. The van der Waals surface area contributed by atoms with Crippen LogP contribution in [0.2, 0.25) is 0 Å². The molecule has 216 valence electrons. The molecule has 2 aliphatic rings. The van der Waals surface area contributed by atoms with Crippen molar-refractivity contribution >= 4 is 29.2 Å². The first-order valence-corrected chi connectivity index (χ1v) is 14.7. The molecule has 5 aromatic rings. The minimum atomic E-state index is -0.475. The number of anilines is 2. The predicted molar refractivity (Wildman–Crippen MR) is 172 cm³/mol. The molecule has 0 aliphatic heterocycles. The molecule has 6 nitrogen and oxygen atoms in total. The summed E-state index contributed by atoms with van der Waals surface area (Å²) in [5.41, 5.74) is 9.82. The highest BCUT2D eigenvalue weighted by molar-refractivity contribution is 6.12. The molecular weight excluding hydrogens is 548 g/mol. The van der Waals surface area contributed by atoms with Gasteiger partial charge in [0.15, 0.2) is 5.78 Å². The van der Waals surface area contributed by atoms with Crippen molar-refractivity contribution in [3.8, 4) is 22.3 Å². The zero-order chi connectivity index (χ0) is 30.2. The van der Waals surface area contributed by atoms with Crippen molar-refractivity contribution in [1.29, 1.82) is 0 Å². The number of Topliss-reactive ketones (excluding diaryl/α,β-unsaturated/α-hetero) is 1. The number of ketones is 1. The van der Waals surface area contributed by atoms with Gasteiger partial charge in [0.25, 0.3) is 5.91 Å². The van der Waals surface area contributed by atoms with Crippen molar-refractivity contribution in [1.82, 2.24) is 0 Å². The van der Waals surface area contributed by atoms with Gasteiger partial charge in [0.1, 0.15) is 6.61 Å². The second kappa shape index (κ2) is 11.3. The van der Waals surface area contributed by atoms with Crippen LogP contribution in [-0.2, 0) is 11.2 Å². The lowest BCUT2D eigenvalue weighted by Gasteiger charge is -2.20. The molecule has 0 fully saturated rings. The summed E-state index contributed by atoms with van der Waals surface area (Å²) in [6.45, 7) is 0.226. The summed E-state index contributed by atoms with van der Waals surface area (Å²) in [5, 5.41) is 2.94. The van der Waals surface area contributed by atoms with Crippen LogP contribution < -0.4 is 10.2 Å². The smallest absolute Gasteiger partial charge is 0.414 e. The van der Waals surface area contributed by atoms with E-state index < -0.39 is 6.09 Å². The molecule has 7 rings (SSSR count). The van der Waals surface area contributed by atoms with Crippen LogP contribution in [0.1, 0.15) is 49.7 Å². The molecule has 6 heteroatoms. The average molecular weight is 579 g/mol. The van der Waals surface area contributed by atoms with Crippen molar-refractivity contribution in [2.24, 2.45) is 0 Å². The maximum absolute atomic E-state index is 13.2. The molecular formula is C38H30N2O4. The Morgan fingerprint density at radius 3 is 2.07 bits per heavy atom. The highest BCUT2D eigenvalue weighted by Gasteiger charge is 2.30. The number of carbonyl (C=O) groups excluding carboxylic acids is 3. The Morgan fingerprint density at radius 1 is 0.750 bits per heavy atom. The average Bonchev–Trinajstić information content (AvgIpc) is 3.62. The van der Waals surface area contributed by atoms with Crippen molar-refractivity contribution in [3.05, 3.63) is 143 Å². The molecule has 0 bridgehead atoms. The van der Waals surface area contributed by atoms with Gasteiger partial charge in [0.2, 0.25) is 0 Å². The number of nitrogens with one attached hydrogen (secondary N) is 1. The van der Waals surface area contributed by atoms with E-state index in [-0.39, 0.29) is 24.2 Å². The number of ether oxygens (including phenoxy) is 1. The first-order valence-electron chi connectivity index (χ1n) is 14.7. The van der Waals surface area contributed by atoms with Gasteiger partial charge in [0.05, 0.1) is 5.69 Å². The summed E-state index contributed by atoms with van der Waals surface area (Å²) < 4.78 is 5.78. The van der Waals surface area contributed by atoms with Gasteiger partial charge in [-0.15, -0.1) is 0 Å². The molecule has 0 spiro atoms. The van der Waals surface area contributed by atoms with Gasteiger partial charge in [0, 0.05) is 36.2 Å². The highest BCUT2D eigenvalue weighted by Crippen LogP contribution is 2.44. The SMILES string of the molecule is CN(C(=O)OCC1c2ccccc2-c2ccccc21)c1ccc(C(=O)Nc2ccc(-c3ccccc3)c3c2C(=O)CC3)cc1. The van der Waals surface area contributed by atoms with Crippen LogP contribution in [0.3, 0.4) is 0 Å². The Bertz CT molecular complexity index is 1870. The number of hydrogen-bond donors (Lipinski definition) is 1. The third kappa shape index (κ3) is 4.84. The van der Waals surface area contributed by atoms with Gasteiger partial charge >= 0.3 is 6.09 Å². The van der Waals surface area contributed by atoms with Gasteiger partial charge in [-0.2, -0.15) is 0 Å². The number of benzene rings is 5. The van der Waals surface area contributed by atoms with E-state index in [1.54, 1.807) is 31.3 Å². The first-order chi connectivity index (χ1) is 21.5. The van der Waals surface area contributed by atoms with Crippen LogP contribution in [0.5, 0.6) is 0 Å². The van der Waals surface area contributed by atoms with Crippen LogP contribution in [0, 0.1) is 0 Å². The molecule has 5 aromatic carbocycles. The molecule has 0 heterocycles. The molecule has 1 N–H and O–H groups in total. The van der Waals surface area contributed by atoms with E-state index in [9.17, 15) is 14.4 Å². The summed E-state index contributed by atoms with van der Waals surface area (Å²) in [4.78, 5) is 40.5. The third-order valence-corrected chi connectivity index (χ3v) is 8.65. The molecule has 0 atom stereocenters. The van der Waals surface area contributed by atoms with Crippen LogP contribution in [0.15, 0.2) is 115 Å². The number of hydrogen-bond acceptors (Lipinski definition) is 4. The second-order valence-corrected chi connectivity index (χ2v) is 11.2. The van der Waals surface area contributed by atoms with E-state index in [2.05, 4.69) is 29.6 Å². The van der Waals surface area contributed by atoms with Gasteiger partial charge in [-0.25, -0.2) is 4.79 Å². The maximum Gasteiger partial charge on any atom is 0.414 e. The lowest BCUT2D eigenvalue weighted by atomic mass is 9.95. The third-order valence-electron chi connectivity index (χ3n) is 8.65. The molecule has 0 aromatic heterocycles. The monoisotopic (exact) mass is 578 g/mol. The van der Waals surface area contributed by atoms with Crippen LogP contribution in [0.4, 0.5) is 16.2 Å². The number of nitrogens with zero attached hydrogens (tertiary/aromatic N) is 1. The second-order valence-electron chi connectivity index (χ2n) is 11.2. The van der Waals surface area contributed by atoms with Gasteiger partial charge in [-0.3, -0.25) is 14.5 Å². The summed E-state index contributed by atoms with van der Waals surface area (Å²) in [7, 11) is 1.65. The quantitative estimate of drug-likeness (QED) is 0.221. The lowest BCUT2D eigenvalue weighted by Crippen LogP contribution is -2.28. The molecule has 0 saturated heterocycles. The van der Waals surface area contributed by atoms with Crippen molar-refractivity contribution in [3.63, 3.8) is 0 Å². The number of fused-ring (bicyclic) bond motifs is 4. The fourth-order valence-corrected chi connectivity index (χ4v) is 6.41. The standard InChI is InChI=1S/C38H30N2O4/c1-40(38(43)44-23-33-30-13-7-5-11-28(30)29-12-6-8-14-31(29)33)26-17-15-25(16-18-26)37(42)39-34-21-19-27(24-9-3-2-4-10-24)32-20-22-35(41)36(32)34/h2-19,21,33H,20,22-23H2,1H3,(H,39,42). The van der Waals surface area contributed by atoms with E-state index in [0.717, 1.165) is 27.8 Å². The minimum absolute atomic E-state index is 0.0269. The first kappa shape index (κ1) is 27.3. The van der Waals surface area contributed by atoms with Crippen molar-refractivity contribution in [2.75, 3.05) is 23.9 Å². The number of amides is 2. The summed E-state index contributed by atoms with van der Waals surface area (Å²) in [6.07, 6.45) is 0.606. The Balaban J connectivity index is 1.03. The molecule has 0 radical (unpaired) electrons. The zero-order valence-corrected chi connectivity index (χ0v) is 24.2.